The topological polar surface area (TPSA) is 20.3 Å². The Kier molecular flexibility index (Phi) is 6.94. The van der Waals surface area contributed by atoms with Gasteiger partial charge in [-0.1, -0.05) is 61.7 Å². The Morgan fingerprint density at radius 3 is 2.50 bits per heavy atom. The number of fused-ring (bicyclic) bond motifs is 1. The zero-order valence-electron chi connectivity index (χ0n) is 17.9. The van der Waals surface area contributed by atoms with Crippen molar-refractivity contribution in [3.63, 3.8) is 0 Å². The van der Waals surface area contributed by atoms with Gasteiger partial charge in [0.15, 0.2) is 0 Å². The molecule has 158 valence electrons. The summed E-state index contributed by atoms with van der Waals surface area (Å²) in [6.07, 6.45) is 10.3. The molecule has 1 heterocycles. The van der Waals surface area contributed by atoms with Crippen LogP contribution in [-0.2, 0) is 17.2 Å². The number of unbranched alkanes of at least 4 members (excludes halogenated alkanes) is 4. The zero-order chi connectivity index (χ0) is 21.1. The van der Waals surface area contributed by atoms with Crippen molar-refractivity contribution in [2.24, 2.45) is 0 Å². The molecule has 0 saturated carbocycles. The van der Waals surface area contributed by atoms with Gasteiger partial charge >= 0.3 is 0 Å². The summed E-state index contributed by atoms with van der Waals surface area (Å²) in [6.45, 7) is 5.29. The van der Waals surface area contributed by atoms with Crippen molar-refractivity contribution < 1.29 is 4.21 Å². The number of nitrogens with zero attached hydrogens (tertiary/aromatic N) is 1. The standard InChI is InChI=1S/C26H30BrNOS/c1-19-14-16-23-25(20(19)2)28(26-22(27)15-17-24(26)30(23)29)18-10-5-3-4-7-11-21-12-8-6-9-13-21/h6,8-9,12-16H,3-5,7,10-11,17-18H2,1-2H3. The van der Waals surface area contributed by atoms with Gasteiger partial charge in [0, 0.05) is 22.4 Å². The van der Waals surface area contributed by atoms with Crippen LogP contribution in [0.5, 0.6) is 0 Å². The molecular formula is C26H30BrNOS. The molecule has 0 radical (unpaired) electrons. The number of hydrogen-bond acceptors (Lipinski definition) is 2. The molecule has 0 aromatic heterocycles. The van der Waals surface area contributed by atoms with Crippen LogP contribution < -0.4 is 4.90 Å². The highest BCUT2D eigenvalue weighted by molar-refractivity contribution is 9.12. The Morgan fingerprint density at radius 1 is 0.967 bits per heavy atom. The Labute approximate surface area is 191 Å². The van der Waals surface area contributed by atoms with Crippen LogP contribution in [0, 0.1) is 13.8 Å². The maximum Gasteiger partial charge on any atom is 0.0854 e. The van der Waals surface area contributed by atoms with Crippen molar-refractivity contribution in [3.05, 3.63) is 80.3 Å². The second-order valence-electron chi connectivity index (χ2n) is 8.31. The number of anilines is 1. The maximum atomic E-state index is 13.2. The fourth-order valence-electron chi connectivity index (χ4n) is 4.46. The smallest absolute Gasteiger partial charge is 0.0854 e. The molecule has 1 atom stereocenters. The highest BCUT2D eigenvalue weighted by Crippen LogP contribution is 2.47. The van der Waals surface area contributed by atoms with E-state index in [1.165, 1.54) is 54.5 Å². The number of halogens is 1. The average molecular weight is 485 g/mol. The molecular weight excluding hydrogens is 454 g/mol. The van der Waals surface area contributed by atoms with Crippen molar-refractivity contribution in [1.82, 2.24) is 0 Å². The third-order valence-electron chi connectivity index (χ3n) is 6.28. The van der Waals surface area contributed by atoms with Crippen LogP contribution in [0.3, 0.4) is 0 Å². The molecule has 0 bridgehead atoms. The summed E-state index contributed by atoms with van der Waals surface area (Å²) in [7, 11) is -1.05. The summed E-state index contributed by atoms with van der Waals surface area (Å²) in [5, 5.41) is 0. The number of benzene rings is 2. The van der Waals surface area contributed by atoms with Crippen LogP contribution in [0.15, 0.2) is 68.5 Å². The van der Waals surface area contributed by atoms with Gasteiger partial charge < -0.3 is 4.90 Å². The minimum Gasteiger partial charge on any atom is -0.339 e. The molecule has 30 heavy (non-hydrogen) atoms. The zero-order valence-corrected chi connectivity index (χ0v) is 20.3. The highest BCUT2D eigenvalue weighted by atomic mass is 79.9. The summed E-state index contributed by atoms with van der Waals surface area (Å²) in [5.41, 5.74) is 6.28. The van der Waals surface area contributed by atoms with Crippen LogP contribution >= 0.6 is 15.9 Å². The molecule has 1 aliphatic heterocycles. The molecule has 4 rings (SSSR count). The SMILES string of the molecule is Cc1ccc2c(c1C)N(CCCCCCCc1ccccc1)C1=C(CC=C1Br)S2=O. The van der Waals surface area contributed by atoms with E-state index in [9.17, 15) is 4.21 Å². The van der Waals surface area contributed by atoms with E-state index in [-0.39, 0.29) is 0 Å². The fraction of sp³-hybridized carbons (Fsp3) is 0.385. The van der Waals surface area contributed by atoms with Crippen molar-refractivity contribution in [1.29, 1.82) is 0 Å². The largest absolute Gasteiger partial charge is 0.339 e. The summed E-state index contributed by atoms with van der Waals surface area (Å²) in [6, 6.07) is 15.0. The second-order valence-corrected chi connectivity index (χ2v) is 10.6. The van der Waals surface area contributed by atoms with Gasteiger partial charge in [-0.3, -0.25) is 0 Å². The molecule has 1 aliphatic carbocycles. The lowest BCUT2D eigenvalue weighted by Gasteiger charge is -2.35. The lowest BCUT2D eigenvalue weighted by atomic mass is 10.0. The number of aryl methyl sites for hydroxylation is 2. The van der Waals surface area contributed by atoms with Crippen LogP contribution in [-0.4, -0.2) is 10.8 Å². The van der Waals surface area contributed by atoms with Crippen LogP contribution in [0.2, 0.25) is 0 Å². The summed E-state index contributed by atoms with van der Waals surface area (Å²) in [4.78, 5) is 4.47. The third-order valence-corrected chi connectivity index (χ3v) is 8.51. The lowest BCUT2D eigenvalue weighted by molar-refractivity contribution is 0.611. The monoisotopic (exact) mass is 483 g/mol. The lowest BCUT2D eigenvalue weighted by Crippen LogP contribution is -2.30. The molecule has 2 aromatic rings. The Hall–Kier alpha value is -1.65. The number of hydrogen-bond donors (Lipinski definition) is 0. The van der Waals surface area contributed by atoms with Crippen molar-refractivity contribution in [2.75, 3.05) is 11.4 Å². The minimum absolute atomic E-state index is 0.783. The summed E-state index contributed by atoms with van der Waals surface area (Å²) < 4.78 is 14.3. The van der Waals surface area contributed by atoms with E-state index in [0.29, 0.717) is 0 Å². The van der Waals surface area contributed by atoms with E-state index in [4.69, 9.17) is 0 Å². The van der Waals surface area contributed by atoms with E-state index in [0.717, 1.165) is 39.4 Å². The summed E-state index contributed by atoms with van der Waals surface area (Å²) >= 11 is 3.74. The van der Waals surface area contributed by atoms with Crippen LogP contribution in [0.4, 0.5) is 5.69 Å². The highest BCUT2D eigenvalue weighted by Gasteiger charge is 2.35. The molecule has 1 unspecified atom stereocenters. The van der Waals surface area contributed by atoms with E-state index in [2.05, 4.69) is 83.2 Å². The molecule has 0 spiro atoms. The Morgan fingerprint density at radius 2 is 1.70 bits per heavy atom. The van der Waals surface area contributed by atoms with Crippen molar-refractivity contribution in [2.45, 2.75) is 63.7 Å². The molecule has 4 heteroatoms. The quantitative estimate of drug-likeness (QED) is 0.366. The molecule has 2 aliphatic rings. The van der Waals surface area contributed by atoms with Gasteiger partial charge in [-0.2, -0.15) is 0 Å². The van der Waals surface area contributed by atoms with Crippen LogP contribution in [0.25, 0.3) is 0 Å². The molecule has 0 N–H and O–H groups in total. The summed E-state index contributed by atoms with van der Waals surface area (Å²) in [5.74, 6) is 0. The molecule has 0 saturated heterocycles. The normalized spacial score (nSPS) is 17.8. The van der Waals surface area contributed by atoms with Crippen LogP contribution in [0.1, 0.15) is 55.2 Å². The van der Waals surface area contributed by atoms with Crippen molar-refractivity contribution in [3.8, 4) is 0 Å². The van der Waals surface area contributed by atoms with Gasteiger partial charge in [-0.05, 0) is 71.8 Å². The molecule has 0 amide bonds. The van der Waals surface area contributed by atoms with E-state index < -0.39 is 10.8 Å². The van der Waals surface area contributed by atoms with Gasteiger partial charge in [0.1, 0.15) is 0 Å². The first kappa shape index (κ1) is 21.6. The second kappa shape index (κ2) is 9.65. The first-order valence-corrected chi connectivity index (χ1v) is 12.9. The molecule has 2 nitrogen and oxygen atoms in total. The van der Waals surface area contributed by atoms with E-state index in [1.54, 1.807) is 0 Å². The van der Waals surface area contributed by atoms with Gasteiger partial charge in [-0.25, -0.2) is 4.21 Å². The van der Waals surface area contributed by atoms with Gasteiger partial charge in [0.05, 0.1) is 27.1 Å². The minimum atomic E-state index is -1.05. The molecule has 2 aromatic carbocycles. The third kappa shape index (κ3) is 4.36. The maximum absolute atomic E-state index is 13.2. The van der Waals surface area contributed by atoms with Gasteiger partial charge in [-0.15, -0.1) is 0 Å². The fourth-order valence-corrected chi connectivity index (χ4v) is 6.73. The van der Waals surface area contributed by atoms with Gasteiger partial charge in [0.25, 0.3) is 0 Å². The number of rotatable bonds is 8. The Bertz CT molecular complexity index is 1010. The first-order valence-electron chi connectivity index (χ1n) is 11.0. The average Bonchev–Trinajstić information content (AvgIpc) is 3.14. The first-order chi connectivity index (χ1) is 14.6. The van der Waals surface area contributed by atoms with Gasteiger partial charge in [0.2, 0.25) is 0 Å². The predicted molar refractivity (Wildman–Crippen MR) is 132 cm³/mol. The van der Waals surface area contributed by atoms with E-state index in [1.807, 2.05) is 0 Å². The number of allylic oxidation sites excluding steroid dienone is 3. The van der Waals surface area contributed by atoms with Crippen molar-refractivity contribution >= 4 is 32.4 Å². The van der Waals surface area contributed by atoms with E-state index >= 15 is 0 Å². The Balaban J connectivity index is 1.38. The molecule has 0 fully saturated rings. The predicted octanol–water partition coefficient (Wildman–Crippen LogP) is 7.32.